The Morgan fingerprint density at radius 3 is 2.50 bits per heavy atom. The van der Waals surface area contributed by atoms with Gasteiger partial charge in [-0.1, -0.05) is 26.6 Å². The highest BCUT2D eigenvalue weighted by Crippen LogP contribution is 2.56. The van der Waals surface area contributed by atoms with E-state index in [1.54, 1.807) is 7.87 Å². The fourth-order valence-corrected chi connectivity index (χ4v) is 5.17. The van der Waals surface area contributed by atoms with Crippen LogP contribution in [0.25, 0.3) is 0 Å². The summed E-state index contributed by atoms with van der Waals surface area (Å²) in [7, 11) is 1.57. The van der Waals surface area contributed by atoms with Crippen molar-refractivity contribution < 1.29 is 0 Å². The normalized spacial score (nSPS) is 38.2. The average Bonchev–Trinajstić information content (AvgIpc) is 2.19. The van der Waals surface area contributed by atoms with Gasteiger partial charge in [-0.2, -0.15) is 0 Å². The summed E-state index contributed by atoms with van der Waals surface area (Å²) in [5, 5.41) is 0.954. The number of hydrogen-bond donors (Lipinski definition) is 0. The van der Waals surface area contributed by atoms with Crippen molar-refractivity contribution in [3.63, 3.8) is 0 Å². The first-order valence-electron chi connectivity index (χ1n) is 2.01. The molecule has 0 nitrogen and oxygen atoms in total. The first kappa shape index (κ1) is 4.97. The van der Waals surface area contributed by atoms with Crippen LogP contribution >= 0.6 is 13.9 Å². The molecular weight excluding hydrogens is 130 g/mol. The van der Waals surface area contributed by atoms with Crippen LogP contribution in [0.4, 0.5) is 0 Å². The van der Waals surface area contributed by atoms with Crippen LogP contribution in [0.1, 0.15) is 13.3 Å². The number of hydrogen-bond acceptors (Lipinski definition) is 1. The first-order chi connectivity index (χ1) is 2.84. The maximum atomic E-state index is 5.00. The minimum absolute atomic E-state index is 0.122. The highest BCUT2D eigenvalue weighted by atomic mass is 32.5. The van der Waals surface area contributed by atoms with Crippen molar-refractivity contribution in [1.82, 2.24) is 0 Å². The molecule has 0 N–H and O–H groups in total. The molecule has 0 spiro atoms. The lowest BCUT2D eigenvalue weighted by Crippen LogP contribution is -1.66. The van der Waals surface area contributed by atoms with E-state index >= 15 is 0 Å². The minimum Gasteiger partial charge on any atom is -0.0638 e. The maximum absolute atomic E-state index is 5.00. The first-order valence-corrected chi connectivity index (χ1v) is 6.11. The van der Waals surface area contributed by atoms with Crippen LogP contribution in [0, 0.1) is 0 Å². The van der Waals surface area contributed by atoms with E-state index < -0.39 is 0 Å². The largest absolute Gasteiger partial charge is 0.0638 e. The van der Waals surface area contributed by atoms with Gasteiger partial charge in [0.2, 0.25) is 0 Å². The third-order valence-electron chi connectivity index (χ3n) is 0.813. The summed E-state index contributed by atoms with van der Waals surface area (Å²) >= 11 is 5.00. The molecular formula is C3H6P2S. The molecule has 0 amide bonds. The molecule has 0 aromatic carbocycles. The van der Waals surface area contributed by atoms with E-state index in [9.17, 15) is 0 Å². The Bertz CT molecular complexity index is 123. The Morgan fingerprint density at radius 1 is 2.00 bits per heavy atom. The molecule has 0 saturated heterocycles. The highest BCUT2D eigenvalue weighted by molar-refractivity contribution is 8.30. The van der Waals surface area contributed by atoms with E-state index in [1.165, 1.54) is 6.42 Å². The SMILES string of the molecule is CCC1P=P1=S. The molecule has 3 heteroatoms. The predicted octanol–water partition coefficient (Wildman–Crippen LogP) is 2.54. The summed E-state index contributed by atoms with van der Waals surface area (Å²) in [5.74, 6) is 0.122. The second kappa shape index (κ2) is 1.74. The van der Waals surface area contributed by atoms with Crippen molar-refractivity contribution in [3.05, 3.63) is 0 Å². The van der Waals surface area contributed by atoms with Gasteiger partial charge in [0.05, 0.1) is 5.40 Å². The molecule has 0 fully saturated rings. The molecule has 34 valence electrons. The summed E-state index contributed by atoms with van der Waals surface area (Å²) in [6.07, 6.45) is 1.32. The van der Waals surface area contributed by atoms with Crippen molar-refractivity contribution in [1.29, 1.82) is 0 Å². The standard InChI is InChI=1S/C3H6P2S/c1-2-3-4-5(3)6/h3H,2H2,1H3. The lowest BCUT2D eigenvalue weighted by molar-refractivity contribution is 1.07. The fourth-order valence-electron chi connectivity index (χ4n) is 0.339. The van der Waals surface area contributed by atoms with Crippen molar-refractivity contribution in [2.45, 2.75) is 18.7 Å². The van der Waals surface area contributed by atoms with Crippen LogP contribution in [-0.2, 0) is 11.8 Å². The minimum atomic E-state index is 0.122. The Morgan fingerprint density at radius 2 is 2.50 bits per heavy atom. The summed E-state index contributed by atoms with van der Waals surface area (Å²) in [5.41, 5.74) is 0. The van der Waals surface area contributed by atoms with Gasteiger partial charge in [-0.05, 0) is 12.4 Å². The van der Waals surface area contributed by atoms with Crippen molar-refractivity contribution in [3.8, 4) is 0 Å². The van der Waals surface area contributed by atoms with Gasteiger partial charge in [0.15, 0.2) is 0 Å². The second-order valence-electron chi connectivity index (χ2n) is 1.31. The van der Waals surface area contributed by atoms with Crippen LogP contribution in [0.15, 0.2) is 0 Å². The highest BCUT2D eigenvalue weighted by Gasteiger charge is 2.13. The van der Waals surface area contributed by atoms with E-state index in [0.717, 1.165) is 5.40 Å². The summed E-state index contributed by atoms with van der Waals surface area (Å²) in [6, 6.07) is 0. The molecule has 0 aromatic rings. The van der Waals surface area contributed by atoms with Gasteiger partial charge in [-0.3, -0.25) is 0 Å². The lowest BCUT2D eigenvalue weighted by atomic mass is 10.6. The molecule has 0 aliphatic carbocycles. The molecule has 0 bridgehead atoms. The molecule has 2 unspecified atom stereocenters. The van der Waals surface area contributed by atoms with Crippen LogP contribution < -0.4 is 0 Å². The van der Waals surface area contributed by atoms with Crippen molar-refractivity contribution >= 4 is 25.7 Å². The Kier molecular flexibility index (Phi) is 1.44. The molecule has 1 aliphatic rings. The van der Waals surface area contributed by atoms with Gasteiger partial charge in [0, 0.05) is 0 Å². The summed E-state index contributed by atoms with van der Waals surface area (Å²) < 4.78 is 0. The zero-order chi connectivity index (χ0) is 4.57. The van der Waals surface area contributed by atoms with Gasteiger partial charge in [-0.15, -0.1) is 0 Å². The van der Waals surface area contributed by atoms with E-state index in [1.807, 2.05) is 0 Å². The molecule has 0 saturated carbocycles. The summed E-state index contributed by atoms with van der Waals surface area (Å²) in [4.78, 5) is 0. The topological polar surface area (TPSA) is 0 Å². The molecule has 1 aliphatic heterocycles. The Labute approximate surface area is 45.0 Å². The molecule has 0 radical (unpaired) electrons. The molecule has 6 heavy (non-hydrogen) atoms. The van der Waals surface area contributed by atoms with Crippen LogP contribution in [0.2, 0.25) is 0 Å². The summed E-state index contributed by atoms with van der Waals surface area (Å²) in [6.45, 7) is 2.21. The quantitative estimate of drug-likeness (QED) is 0.499. The molecule has 2 atom stereocenters. The Balaban J connectivity index is 2.36. The second-order valence-corrected chi connectivity index (χ2v) is 7.77. The maximum Gasteiger partial charge on any atom is 0.0569 e. The van der Waals surface area contributed by atoms with Gasteiger partial charge in [-0.25, -0.2) is 0 Å². The number of rotatable bonds is 1. The third-order valence-corrected chi connectivity index (χ3v) is 6.82. The van der Waals surface area contributed by atoms with Crippen molar-refractivity contribution in [2.75, 3.05) is 0 Å². The molecule has 1 rings (SSSR count). The van der Waals surface area contributed by atoms with Gasteiger partial charge >= 0.3 is 0 Å². The van der Waals surface area contributed by atoms with E-state index in [0.29, 0.717) is 0 Å². The van der Waals surface area contributed by atoms with E-state index in [-0.39, 0.29) is 5.98 Å². The average molecular weight is 136 g/mol. The zero-order valence-corrected chi connectivity index (χ0v) is 6.19. The Hall–Kier alpha value is 0.820. The van der Waals surface area contributed by atoms with E-state index in [2.05, 4.69) is 6.92 Å². The van der Waals surface area contributed by atoms with Gasteiger partial charge < -0.3 is 0 Å². The van der Waals surface area contributed by atoms with E-state index in [4.69, 9.17) is 11.8 Å². The molecule has 1 heterocycles. The van der Waals surface area contributed by atoms with Gasteiger partial charge in [0.1, 0.15) is 0 Å². The lowest BCUT2D eigenvalue weighted by Gasteiger charge is -1.74. The zero-order valence-electron chi connectivity index (χ0n) is 3.59. The van der Waals surface area contributed by atoms with Crippen LogP contribution in [-0.4, -0.2) is 5.40 Å². The predicted molar refractivity (Wildman–Crippen MR) is 35.3 cm³/mol. The smallest absolute Gasteiger partial charge is 0.0569 e. The van der Waals surface area contributed by atoms with Crippen LogP contribution in [0.5, 0.6) is 0 Å². The van der Waals surface area contributed by atoms with Gasteiger partial charge in [0.25, 0.3) is 0 Å². The fraction of sp³-hybridized carbons (Fsp3) is 1.00. The van der Waals surface area contributed by atoms with Crippen LogP contribution in [0.3, 0.4) is 0 Å². The third kappa shape index (κ3) is 0.904. The van der Waals surface area contributed by atoms with Crippen molar-refractivity contribution in [2.24, 2.45) is 0 Å². The molecule has 0 aromatic heterocycles. The monoisotopic (exact) mass is 136 g/mol.